The molecule has 0 unspecified atom stereocenters. The minimum absolute atomic E-state index is 0.0751. The second-order valence-corrected chi connectivity index (χ2v) is 7.32. The standard InChI is InChI=1S/C19H20BClN2O4/c1-10(2)14-5-12(8-22)18(26-11(3)4)23-19(14)27-17-6-13-9-25-20(24)15(13)7-16(17)21/h5-7,10-11,24H,9H2,1-4H3. The van der Waals surface area contributed by atoms with Crippen LogP contribution in [0, 0.1) is 11.3 Å². The number of hydrogen-bond donors (Lipinski definition) is 1. The molecule has 0 saturated carbocycles. The molecule has 0 fully saturated rings. The molecule has 1 aromatic carbocycles. The van der Waals surface area contributed by atoms with Crippen molar-refractivity contribution in [3.63, 3.8) is 0 Å². The van der Waals surface area contributed by atoms with Gasteiger partial charge in [-0.3, -0.25) is 0 Å². The highest BCUT2D eigenvalue weighted by Gasteiger charge is 2.29. The summed E-state index contributed by atoms with van der Waals surface area (Å²) in [5, 5.41) is 19.6. The van der Waals surface area contributed by atoms with Gasteiger partial charge in [0.1, 0.15) is 17.4 Å². The van der Waals surface area contributed by atoms with E-state index < -0.39 is 7.12 Å². The molecule has 8 heteroatoms. The maximum absolute atomic E-state index is 9.80. The van der Waals surface area contributed by atoms with Gasteiger partial charge < -0.3 is 19.2 Å². The minimum atomic E-state index is -0.975. The first-order chi connectivity index (χ1) is 12.8. The second kappa shape index (κ2) is 7.77. The maximum Gasteiger partial charge on any atom is 0.491 e. The van der Waals surface area contributed by atoms with Gasteiger partial charge in [-0.2, -0.15) is 10.2 Å². The summed E-state index contributed by atoms with van der Waals surface area (Å²) in [6.07, 6.45) is -0.135. The molecular formula is C19H20BClN2O4. The van der Waals surface area contributed by atoms with Crippen LogP contribution in [0.3, 0.4) is 0 Å². The van der Waals surface area contributed by atoms with Crippen LogP contribution < -0.4 is 14.9 Å². The highest BCUT2D eigenvalue weighted by Crippen LogP contribution is 2.36. The van der Waals surface area contributed by atoms with Crippen LogP contribution in [0.25, 0.3) is 0 Å². The average molecular weight is 387 g/mol. The second-order valence-electron chi connectivity index (χ2n) is 6.92. The molecule has 1 aliphatic heterocycles. The highest BCUT2D eigenvalue weighted by molar-refractivity contribution is 6.62. The zero-order valence-electron chi connectivity index (χ0n) is 15.6. The molecule has 0 amide bonds. The SMILES string of the molecule is CC(C)Oc1nc(Oc2cc3c(cc2Cl)B(O)OC3)c(C(C)C)cc1C#N. The average Bonchev–Trinajstić information content (AvgIpc) is 2.95. The number of ether oxygens (including phenoxy) is 2. The van der Waals surface area contributed by atoms with Crippen LogP contribution in [0.4, 0.5) is 0 Å². The molecule has 0 saturated heterocycles. The van der Waals surface area contributed by atoms with Crippen molar-refractivity contribution in [1.82, 2.24) is 4.98 Å². The monoisotopic (exact) mass is 386 g/mol. The van der Waals surface area contributed by atoms with Gasteiger partial charge in [-0.25, -0.2) is 0 Å². The lowest BCUT2D eigenvalue weighted by Crippen LogP contribution is -2.27. The van der Waals surface area contributed by atoms with Crippen molar-refractivity contribution in [2.45, 2.75) is 46.3 Å². The van der Waals surface area contributed by atoms with Gasteiger partial charge in [0.05, 0.1) is 17.7 Å². The van der Waals surface area contributed by atoms with E-state index in [1.807, 2.05) is 27.7 Å². The minimum Gasteiger partial charge on any atom is -0.474 e. The van der Waals surface area contributed by atoms with Crippen LogP contribution in [0.1, 0.15) is 50.3 Å². The Hall–Kier alpha value is -2.27. The lowest BCUT2D eigenvalue weighted by Gasteiger charge is -2.17. The quantitative estimate of drug-likeness (QED) is 0.791. The molecule has 0 atom stereocenters. The van der Waals surface area contributed by atoms with Crippen molar-refractivity contribution in [2.24, 2.45) is 0 Å². The molecule has 1 aromatic heterocycles. The largest absolute Gasteiger partial charge is 0.491 e. The Morgan fingerprint density at radius 1 is 1.26 bits per heavy atom. The summed E-state index contributed by atoms with van der Waals surface area (Å²) in [7, 11) is -0.975. The molecule has 0 bridgehead atoms. The predicted molar refractivity (Wildman–Crippen MR) is 103 cm³/mol. The lowest BCUT2D eigenvalue weighted by atomic mass is 9.79. The lowest BCUT2D eigenvalue weighted by molar-refractivity contribution is 0.229. The summed E-state index contributed by atoms with van der Waals surface area (Å²) in [4.78, 5) is 4.44. The number of rotatable bonds is 5. The van der Waals surface area contributed by atoms with Crippen LogP contribution >= 0.6 is 11.6 Å². The summed E-state index contributed by atoms with van der Waals surface area (Å²) in [6.45, 7) is 7.99. The van der Waals surface area contributed by atoms with Crippen molar-refractivity contribution in [2.75, 3.05) is 0 Å². The van der Waals surface area contributed by atoms with Gasteiger partial charge in [0.25, 0.3) is 0 Å². The summed E-state index contributed by atoms with van der Waals surface area (Å²) in [5.41, 5.74) is 2.57. The first kappa shape index (κ1) is 19.5. The smallest absolute Gasteiger partial charge is 0.474 e. The Kier molecular flexibility index (Phi) is 5.61. The Morgan fingerprint density at radius 3 is 2.63 bits per heavy atom. The van der Waals surface area contributed by atoms with Crippen LogP contribution in [0.5, 0.6) is 17.5 Å². The molecular weight excluding hydrogens is 366 g/mol. The predicted octanol–water partition coefficient (Wildman–Crippen LogP) is 3.53. The molecule has 27 heavy (non-hydrogen) atoms. The van der Waals surface area contributed by atoms with E-state index in [4.69, 9.17) is 25.7 Å². The van der Waals surface area contributed by atoms with Crippen molar-refractivity contribution < 1.29 is 19.2 Å². The van der Waals surface area contributed by atoms with E-state index in [1.54, 1.807) is 18.2 Å². The number of benzene rings is 1. The number of nitriles is 1. The Labute approximate surface area is 163 Å². The number of pyridine rings is 1. The molecule has 1 aliphatic rings. The third-order valence-electron chi connectivity index (χ3n) is 4.13. The van der Waals surface area contributed by atoms with Gasteiger partial charge >= 0.3 is 7.12 Å². The van der Waals surface area contributed by atoms with Gasteiger partial charge in [-0.1, -0.05) is 25.4 Å². The number of hydrogen-bond acceptors (Lipinski definition) is 6. The molecule has 2 heterocycles. The van der Waals surface area contributed by atoms with Crippen molar-refractivity contribution in [3.05, 3.63) is 39.9 Å². The summed E-state index contributed by atoms with van der Waals surface area (Å²) in [6, 6.07) is 7.23. The summed E-state index contributed by atoms with van der Waals surface area (Å²) < 4.78 is 16.9. The first-order valence-corrected chi connectivity index (χ1v) is 9.09. The van der Waals surface area contributed by atoms with Crippen molar-refractivity contribution >= 4 is 24.2 Å². The number of nitrogens with zero attached hydrogens (tertiary/aromatic N) is 2. The Balaban J connectivity index is 2.05. The van der Waals surface area contributed by atoms with Gasteiger partial charge in [-0.15, -0.1) is 0 Å². The van der Waals surface area contributed by atoms with E-state index in [0.29, 0.717) is 27.7 Å². The summed E-state index contributed by atoms with van der Waals surface area (Å²) in [5.74, 6) is 1.04. The van der Waals surface area contributed by atoms with Crippen LogP contribution in [-0.2, 0) is 11.3 Å². The normalized spacial score (nSPS) is 13.1. The molecule has 1 N–H and O–H groups in total. The van der Waals surface area contributed by atoms with Crippen LogP contribution in [0.2, 0.25) is 5.02 Å². The van der Waals surface area contributed by atoms with Gasteiger partial charge in [0, 0.05) is 5.56 Å². The molecule has 3 rings (SSSR count). The molecule has 2 aromatic rings. The summed E-state index contributed by atoms with van der Waals surface area (Å²) >= 11 is 6.33. The van der Waals surface area contributed by atoms with E-state index >= 15 is 0 Å². The van der Waals surface area contributed by atoms with E-state index in [9.17, 15) is 10.3 Å². The first-order valence-electron chi connectivity index (χ1n) is 8.71. The van der Waals surface area contributed by atoms with Gasteiger partial charge in [-0.05, 0) is 49.0 Å². The van der Waals surface area contributed by atoms with E-state index in [-0.39, 0.29) is 24.5 Å². The van der Waals surface area contributed by atoms with Crippen molar-refractivity contribution in [1.29, 1.82) is 5.26 Å². The third-order valence-corrected chi connectivity index (χ3v) is 4.43. The molecule has 0 spiro atoms. The van der Waals surface area contributed by atoms with Crippen molar-refractivity contribution in [3.8, 4) is 23.6 Å². The highest BCUT2D eigenvalue weighted by atomic mass is 35.5. The van der Waals surface area contributed by atoms with Crippen LogP contribution in [-0.4, -0.2) is 23.2 Å². The fourth-order valence-electron chi connectivity index (χ4n) is 2.79. The maximum atomic E-state index is 9.80. The zero-order valence-corrected chi connectivity index (χ0v) is 16.4. The topological polar surface area (TPSA) is 84.6 Å². The van der Waals surface area contributed by atoms with Gasteiger partial charge in [0.15, 0.2) is 0 Å². The van der Waals surface area contributed by atoms with E-state index in [0.717, 1.165) is 11.1 Å². The van der Waals surface area contributed by atoms with E-state index in [1.165, 1.54) is 0 Å². The fraction of sp³-hybridized carbons (Fsp3) is 0.368. The Bertz CT molecular complexity index is 912. The molecule has 0 radical (unpaired) electrons. The molecule has 0 aliphatic carbocycles. The van der Waals surface area contributed by atoms with Crippen LogP contribution in [0.15, 0.2) is 18.2 Å². The zero-order chi connectivity index (χ0) is 19.7. The molecule has 6 nitrogen and oxygen atoms in total. The van der Waals surface area contributed by atoms with Gasteiger partial charge in [0.2, 0.25) is 11.8 Å². The number of fused-ring (bicyclic) bond motifs is 1. The third kappa shape index (κ3) is 4.03. The van der Waals surface area contributed by atoms with E-state index in [2.05, 4.69) is 11.1 Å². The number of aromatic nitrogens is 1. The molecule has 140 valence electrons. The number of halogens is 1. The fourth-order valence-corrected chi connectivity index (χ4v) is 3.00. The Morgan fingerprint density at radius 2 is 2.00 bits per heavy atom.